The van der Waals surface area contributed by atoms with E-state index in [-0.39, 0.29) is 12.2 Å². The van der Waals surface area contributed by atoms with Crippen LogP contribution in [0.15, 0.2) is 48.5 Å². The standard InChI is InChI=1S/C18H20O3/c1-13-7-6-10-15(18(13)21-2)17(20)12-11-16(19)14-8-4-3-5-9-14/h3-10,16,19H,11-12H2,1-2H3. The maximum absolute atomic E-state index is 12.3. The Morgan fingerprint density at radius 1 is 1.14 bits per heavy atom. The van der Waals surface area contributed by atoms with Gasteiger partial charge in [-0.2, -0.15) is 0 Å². The van der Waals surface area contributed by atoms with Gasteiger partial charge in [0.25, 0.3) is 0 Å². The largest absolute Gasteiger partial charge is 0.496 e. The number of rotatable bonds is 6. The van der Waals surface area contributed by atoms with E-state index in [1.807, 2.05) is 49.4 Å². The minimum Gasteiger partial charge on any atom is -0.496 e. The van der Waals surface area contributed by atoms with Gasteiger partial charge in [0, 0.05) is 6.42 Å². The van der Waals surface area contributed by atoms with Crippen LogP contribution >= 0.6 is 0 Å². The van der Waals surface area contributed by atoms with Crippen LogP contribution in [0.25, 0.3) is 0 Å². The van der Waals surface area contributed by atoms with Gasteiger partial charge in [0.05, 0.1) is 18.8 Å². The van der Waals surface area contributed by atoms with E-state index in [4.69, 9.17) is 4.74 Å². The Hall–Kier alpha value is -2.13. The molecule has 1 atom stereocenters. The lowest BCUT2D eigenvalue weighted by Gasteiger charge is -2.12. The number of hydrogen-bond donors (Lipinski definition) is 1. The van der Waals surface area contributed by atoms with Crippen LogP contribution < -0.4 is 4.74 Å². The second-order valence-corrected chi connectivity index (χ2v) is 5.04. The highest BCUT2D eigenvalue weighted by Gasteiger charge is 2.16. The summed E-state index contributed by atoms with van der Waals surface area (Å²) in [4.78, 5) is 12.3. The van der Waals surface area contributed by atoms with Crippen LogP contribution in [0, 0.1) is 6.92 Å². The molecule has 1 N–H and O–H groups in total. The Balaban J connectivity index is 2.04. The molecule has 3 nitrogen and oxygen atoms in total. The topological polar surface area (TPSA) is 46.5 Å². The van der Waals surface area contributed by atoms with Crippen molar-refractivity contribution >= 4 is 5.78 Å². The zero-order valence-electron chi connectivity index (χ0n) is 12.4. The predicted octanol–water partition coefficient (Wildman–Crippen LogP) is 3.70. The first kappa shape index (κ1) is 15.3. The highest BCUT2D eigenvalue weighted by Crippen LogP contribution is 2.26. The van der Waals surface area contributed by atoms with E-state index in [0.29, 0.717) is 17.7 Å². The van der Waals surface area contributed by atoms with Gasteiger partial charge < -0.3 is 9.84 Å². The maximum Gasteiger partial charge on any atom is 0.166 e. The summed E-state index contributed by atoms with van der Waals surface area (Å²) in [5.74, 6) is 0.613. The van der Waals surface area contributed by atoms with Crippen LogP contribution in [-0.2, 0) is 0 Å². The Morgan fingerprint density at radius 3 is 2.52 bits per heavy atom. The van der Waals surface area contributed by atoms with E-state index in [1.54, 1.807) is 13.2 Å². The fourth-order valence-electron chi connectivity index (χ4n) is 2.39. The molecule has 0 aromatic heterocycles. The zero-order chi connectivity index (χ0) is 15.2. The smallest absolute Gasteiger partial charge is 0.166 e. The summed E-state index contributed by atoms with van der Waals surface area (Å²) >= 11 is 0. The normalized spacial score (nSPS) is 12.0. The first-order valence-electron chi connectivity index (χ1n) is 7.03. The number of methoxy groups -OCH3 is 1. The molecule has 2 rings (SSSR count). The molecular weight excluding hydrogens is 264 g/mol. The van der Waals surface area contributed by atoms with Crippen molar-refractivity contribution in [2.24, 2.45) is 0 Å². The third-order valence-electron chi connectivity index (χ3n) is 3.55. The van der Waals surface area contributed by atoms with Gasteiger partial charge in [0.1, 0.15) is 5.75 Å². The van der Waals surface area contributed by atoms with Gasteiger partial charge in [0.15, 0.2) is 5.78 Å². The summed E-state index contributed by atoms with van der Waals surface area (Å²) in [6.45, 7) is 1.91. The van der Waals surface area contributed by atoms with Crippen LogP contribution in [0.2, 0.25) is 0 Å². The number of carbonyl (C=O) groups is 1. The number of ketones is 1. The molecule has 0 amide bonds. The molecule has 0 aliphatic carbocycles. The molecule has 110 valence electrons. The fourth-order valence-corrected chi connectivity index (χ4v) is 2.39. The molecule has 2 aromatic rings. The highest BCUT2D eigenvalue weighted by molar-refractivity contribution is 5.99. The predicted molar refractivity (Wildman–Crippen MR) is 82.7 cm³/mol. The first-order valence-corrected chi connectivity index (χ1v) is 7.03. The van der Waals surface area contributed by atoms with Gasteiger partial charge in [-0.25, -0.2) is 0 Å². The number of aliphatic hydroxyl groups is 1. The van der Waals surface area contributed by atoms with Gasteiger partial charge in [-0.15, -0.1) is 0 Å². The minimum absolute atomic E-state index is 0.00877. The second kappa shape index (κ2) is 7.04. The third-order valence-corrected chi connectivity index (χ3v) is 3.55. The van der Waals surface area contributed by atoms with Crippen LogP contribution in [0.1, 0.15) is 40.4 Å². The van der Waals surface area contributed by atoms with E-state index in [0.717, 1.165) is 11.1 Å². The summed E-state index contributed by atoms with van der Waals surface area (Å²) in [6, 6.07) is 14.9. The number of hydrogen-bond acceptors (Lipinski definition) is 3. The number of aryl methyl sites for hydroxylation is 1. The molecule has 2 aromatic carbocycles. The van der Waals surface area contributed by atoms with Gasteiger partial charge >= 0.3 is 0 Å². The van der Waals surface area contributed by atoms with Crippen LogP contribution in [0.5, 0.6) is 5.75 Å². The van der Waals surface area contributed by atoms with Crippen molar-refractivity contribution < 1.29 is 14.6 Å². The van der Waals surface area contributed by atoms with Gasteiger partial charge in [-0.1, -0.05) is 42.5 Å². The molecule has 1 unspecified atom stereocenters. The van der Waals surface area contributed by atoms with E-state index in [2.05, 4.69) is 0 Å². The van der Waals surface area contributed by atoms with Crippen LogP contribution in [-0.4, -0.2) is 18.0 Å². The maximum atomic E-state index is 12.3. The number of ether oxygens (including phenoxy) is 1. The van der Waals surface area contributed by atoms with Crippen molar-refractivity contribution in [2.45, 2.75) is 25.9 Å². The molecule has 0 radical (unpaired) electrons. The van der Waals surface area contributed by atoms with E-state index < -0.39 is 6.10 Å². The summed E-state index contributed by atoms with van der Waals surface area (Å²) in [7, 11) is 1.57. The number of para-hydroxylation sites is 1. The number of carbonyl (C=O) groups excluding carboxylic acids is 1. The van der Waals surface area contributed by atoms with Crippen LogP contribution in [0.3, 0.4) is 0 Å². The van der Waals surface area contributed by atoms with Crippen molar-refractivity contribution in [3.05, 3.63) is 65.2 Å². The Bertz CT molecular complexity index is 605. The van der Waals surface area contributed by atoms with Crippen molar-refractivity contribution in [3.8, 4) is 5.75 Å². The first-order chi connectivity index (χ1) is 10.1. The van der Waals surface area contributed by atoms with E-state index in [9.17, 15) is 9.90 Å². The second-order valence-electron chi connectivity index (χ2n) is 5.04. The van der Waals surface area contributed by atoms with Crippen molar-refractivity contribution in [1.82, 2.24) is 0 Å². The quantitative estimate of drug-likeness (QED) is 0.823. The monoisotopic (exact) mass is 284 g/mol. The summed E-state index contributed by atoms with van der Waals surface area (Å²) < 4.78 is 5.31. The zero-order valence-corrected chi connectivity index (χ0v) is 12.4. The third kappa shape index (κ3) is 3.70. The minimum atomic E-state index is -0.619. The lowest BCUT2D eigenvalue weighted by atomic mass is 9.99. The van der Waals surface area contributed by atoms with Gasteiger partial charge in [-0.3, -0.25) is 4.79 Å². The average molecular weight is 284 g/mol. The van der Waals surface area contributed by atoms with Crippen molar-refractivity contribution in [1.29, 1.82) is 0 Å². The highest BCUT2D eigenvalue weighted by atomic mass is 16.5. The Morgan fingerprint density at radius 2 is 1.86 bits per heavy atom. The number of Topliss-reactive ketones (excluding diaryl/α,β-unsaturated/α-hetero) is 1. The summed E-state index contributed by atoms with van der Waals surface area (Å²) in [6.07, 6.45) is 0.0708. The van der Waals surface area contributed by atoms with E-state index >= 15 is 0 Å². The lowest BCUT2D eigenvalue weighted by Crippen LogP contribution is -2.06. The van der Waals surface area contributed by atoms with Crippen molar-refractivity contribution in [3.63, 3.8) is 0 Å². The number of benzene rings is 2. The molecule has 0 spiro atoms. The molecule has 0 heterocycles. The van der Waals surface area contributed by atoms with E-state index in [1.165, 1.54) is 0 Å². The molecule has 3 heteroatoms. The summed E-state index contributed by atoms with van der Waals surface area (Å²) in [5.41, 5.74) is 2.35. The van der Waals surface area contributed by atoms with Crippen molar-refractivity contribution in [2.75, 3.05) is 7.11 Å². The molecule has 0 saturated heterocycles. The Kier molecular flexibility index (Phi) is 5.12. The molecule has 21 heavy (non-hydrogen) atoms. The molecular formula is C18H20O3. The van der Waals surface area contributed by atoms with Crippen LogP contribution in [0.4, 0.5) is 0 Å². The molecule has 0 bridgehead atoms. The van der Waals surface area contributed by atoms with Gasteiger partial charge in [-0.05, 0) is 30.5 Å². The molecule has 0 aliphatic heterocycles. The molecule has 0 fully saturated rings. The Labute approximate surface area is 125 Å². The van der Waals surface area contributed by atoms with Gasteiger partial charge in [0.2, 0.25) is 0 Å². The average Bonchev–Trinajstić information content (AvgIpc) is 2.52. The molecule has 0 saturated carbocycles. The summed E-state index contributed by atoms with van der Waals surface area (Å²) in [5, 5.41) is 10.1. The lowest BCUT2D eigenvalue weighted by molar-refractivity contribution is 0.0937. The molecule has 0 aliphatic rings. The SMILES string of the molecule is COc1c(C)cccc1C(=O)CCC(O)c1ccccc1. The fraction of sp³-hybridized carbons (Fsp3) is 0.278. The number of aliphatic hydroxyl groups excluding tert-OH is 1.